The van der Waals surface area contributed by atoms with Gasteiger partial charge in [0.05, 0.1) is 10.5 Å². The number of nitrogens with zero attached hydrogens (tertiary/aromatic N) is 5. The summed E-state index contributed by atoms with van der Waals surface area (Å²) in [6.07, 6.45) is 4.30. The first-order valence-electron chi connectivity index (χ1n) is 11.8. The van der Waals surface area contributed by atoms with Gasteiger partial charge in [-0.15, -0.1) is 0 Å². The van der Waals surface area contributed by atoms with Crippen molar-refractivity contribution in [3.63, 3.8) is 0 Å². The second kappa shape index (κ2) is 9.83. The predicted molar refractivity (Wildman–Crippen MR) is 147 cm³/mol. The number of thiocarbonyl (C=S) groups is 1. The minimum Gasteiger partial charge on any atom is -0.368 e. The van der Waals surface area contributed by atoms with Crippen LogP contribution >= 0.6 is 24.0 Å². The molecule has 180 valence electrons. The van der Waals surface area contributed by atoms with E-state index in [1.807, 2.05) is 44.2 Å². The molecule has 2 fully saturated rings. The van der Waals surface area contributed by atoms with Gasteiger partial charge in [-0.2, -0.15) is 0 Å². The van der Waals surface area contributed by atoms with E-state index in [0.717, 1.165) is 38.2 Å². The number of thioether (sulfide) groups is 1. The van der Waals surface area contributed by atoms with Crippen molar-refractivity contribution < 1.29 is 4.79 Å². The lowest BCUT2D eigenvalue weighted by Crippen LogP contribution is -2.47. The van der Waals surface area contributed by atoms with Crippen molar-refractivity contribution in [2.45, 2.75) is 20.3 Å². The molecule has 0 unspecified atom stereocenters. The summed E-state index contributed by atoms with van der Waals surface area (Å²) in [6, 6.07) is 14.2. The molecule has 0 N–H and O–H groups in total. The van der Waals surface area contributed by atoms with Crippen LogP contribution in [0.15, 0.2) is 58.4 Å². The van der Waals surface area contributed by atoms with Crippen molar-refractivity contribution in [1.29, 1.82) is 0 Å². The summed E-state index contributed by atoms with van der Waals surface area (Å²) in [6.45, 7) is 7.61. The molecule has 5 rings (SSSR count). The Hall–Kier alpha value is -3.17. The number of carbonyl (C=O) groups excluding carboxylic acids is 1. The van der Waals surface area contributed by atoms with Crippen molar-refractivity contribution in [2.75, 3.05) is 42.5 Å². The first-order valence-corrected chi connectivity index (χ1v) is 13.0. The lowest BCUT2D eigenvalue weighted by atomic mass is 10.2. The third kappa shape index (κ3) is 4.58. The van der Waals surface area contributed by atoms with E-state index in [9.17, 15) is 9.59 Å². The predicted octanol–water partition coefficient (Wildman–Crippen LogP) is 3.94. The summed E-state index contributed by atoms with van der Waals surface area (Å²) >= 11 is 6.69. The third-order valence-electron chi connectivity index (χ3n) is 6.28. The number of rotatable bonds is 5. The number of aryl methyl sites for hydroxylation is 1. The monoisotopic (exact) mass is 505 g/mol. The zero-order valence-electron chi connectivity index (χ0n) is 19.8. The second-order valence-electron chi connectivity index (χ2n) is 8.73. The van der Waals surface area contributed by atoms with E-state index in [1.54, 1.807) is 21.6 Å². The molecule has 1 amide bonds. The fourth-order valence-corrected chi connectivity index (χ4v) is 5.77. The first kappa shape index (κ1) is 23.6. The van der Waals surface area contributed by atoms with Crippen LogP contribution in [0.5, 0.6) is 0 Å². The summed E-state index contributed by atoms with van der Waals surface area (Å²) in [4.78, 5) is 38.2. The number of pyridine rings is 1. The summed E-state index contributed by atoms with van der Waals surface area (Å²) < 4.78 is 2.10. The number of piperazine rings is 1. The van der Waals surface area contributed by atoms with Crippen LogP contribution in [-0.2, 0) is 4.79 Å². The molecule has 2 aliphatic heterocycles. The minimum atomic E-state index is -0.181. The Morgan fingerprint density at radius 3 is 2.46 bits per heavy atom. The van der Waals surface area contributed by atoms with Crippen LogP contribution in [0.4, 0.5) is 11.5 Å². The summed E-state index contributed by atoms with van der Waals surface area (Å²) in [5, 5.41) is 0. The van der Waals surface area contributed by atoms with Crippen LogP contribution in [-0.4, -0.2) is 57.2 Å². The average Bonchev–Trinajstić information content (AvgIpc) is 3.14. The van der Waals surface area contributed by atoms with E-state index in [-0.39, 0.29) is 11.5 Å². The Labute approximate surface area is 214 Å². The molecule has 2 aromatic heterocycles. The molecule has 0 atom stereocenters. The maximum Gasteiger partial charge on any atom is 0.267 e. The number of aromatic nitrogens is 2. The van der Waals surface area contributed by atoms with Crippen molar-refractivity contribution in [3.8, 4) is 0 Å². The third-order valence-corrected chi connectivity index (χ3v) is 7.66. The van der Waals surface area contributed by atoms with Gasteiger partial charge in [0.1, 0.15) is 15.8 Å². The molecule has 2 aliphatic rings. The topological polar surface area (TPSA) is 61.2 Å². The van der Waals surface area contributed by atoms with Gasteiger partial charge in [0.2, 0.25) is 0 Å². The normalized spacial score (nSPS) is 17.8. The Morgan fingerprint density at radius 1 is 1.03 bits per heavy atom. The number of fused-ring (bicyclic) bond motifs is 1. The minimum absolute atomic E-state index is 0.143. The lowest BCUT2D eigenvalue weighted by molar-refractivity contribution is -0.122. The van der Waals surface area contributed by atoms with Crippen LogP contribution in [0.1, 0.15) is 24.5 Å². The van der Waals surface area contributed by atoms with Crippen molar-refractivity contribution in [2.24, 2.45) is 0 Å². The molecule has 0 radical (unpaired) electrons. The molecule has 4 heterocycles. The molecule has 35 heavy (non-hydrogen) atoms. The second-order valence-corrected chi connectivity index (χ2v) is 10.4. The Kier molecular flexibility index (Phi) is 6.62. The molecule has 0 saturated carbocycles. The summed E-state index contributed by atoms with van der Waals surface area (Å²) in [5.41, 5.74) is 3.00. The highest BCUT2D eigenvalue weighted by atomic mass is 32.2. The maximum atomic E-state index is 13.7. The van der Waals surface area contributed by atoms with Gasteiger partial charge < -0.3 is 9.80 Å². The maximum absolute atomic E-state index is 13.7. The first-order chi connectivity index (χ1) is 17.0. The molecule has 0 spiro atoms. The number of anilines is 2. The van der Waals surface area contributed by atoms with Crippen LogP contribution < -0.4 is 15.4 Å². The Bertz CT molecular complexity index is 1380. The highest BCUT2D eigenvalue weighted by Gasteiger charge is 2.32. The van der Waals surface area contributed by atoms with Gasteiger partial charge in [-0.05, 0) is 43.2 Å². The van der Waals surface area contributed by atoms with Crippen LogP contribution in [0.25, 0.3) is 11.7 Å². The number of amides is 1. The van der Waals surface area contributed by atoms with E-state index in [4.69, 9.17) is 17.2 Å². The smallest absolute Gasteiger partial charge is 0.267 e. The number of benzene rings is 1. The van der Waals surface area contributed by atoms with Crippen LogP contribution in [0, 0.1) is 6.92 Å². The highest BCUT2D eigenvalue weighted by Crippen LogP contribution is 2.33. The number of carbonyl (C=O) groups is 1. The molecule has 1 aromatic carbocycles. The van der Waals surface area contributed by atoms with Gasteiger partial charge in [-0.3, -0.25) is 18.9 Å². The fraction of sp³-hybridized carbons (Fsp3) is 0.308. The zero-order chi connectivity index (χ0) is 24.5. The van der Waals surface area contributed by atoms with Crippen molar-refractivity contribution >= 4 is 57.4 Å². The van der Waals surface area contributed by atoms with Gasteiger partial charge >= 0.3 is 0 Å². The summed E-state index contributed by atoms with van der Waals surface area (Å²) in [5.74, 6) is 0.475. The SMILES string of the molecule is CCCN1C(=O)/C(=C/c2c(N3CCN(c4ccccc4)CC3)nc3ccc(C)cn3c2=O)SC1=S. The van der Waals surface area contributed by atoms with Crippen molar-refractivity contribution in [1.82, 2.24) is 14.3 Å². The molecule has 2 saturated heterocycles. The van der Waals surface area contributed by atoms with Gasteiger partial charge in [0, 0.05) is 44.6 Å². The van der Waals surface area contributed by atoms with E-state index in [2.05, 4.69) is 21.9 Å². The number of hydrogen-bond donors (Lipinski definition) is 0. The van der Waals surface area contributed by atoms with Gasteiger partial charge in [-0.1, -0.05) is 55.2 Å². The van der Waals surface area contributed by atoms with E-state index >= 15 is 0 Å². The van der Waals surface area contributed by atoms with Gasteiger partial charge in [0.25, 0.3) is 11.5 Å². The largest absolute Gasteiger partial charge is 0.368 e. The molecule has 0 bridgehead atoms. The highest BCUT2D eigenvalue weighted by molar-refractivity contribution is 8.26. The van der Waals surface area contributed by atoms with Crippen LogP contribution in [0.3, 0.4) is 0 Å². The summed E-state index contributed by atoms with van der Waals surface area (Å²) in [7, 11) is 0. The standard InChI is InChI=1S/C26H27N5O2S2/c1-3-11-30-25(33)21(35-26(30)34)16-20-23(27-22-10-9-18(2)17-31(22)24(20)32)29-14-12-28(13-15-29)19-7-5-4-6-8-19/h4-10,16-17H,3,11-15H2,1-2H3/b21-16-. The molecular weight excluding hydrogens is 478 g/mol. The van der Waals surface area contributed by atoms with E-state index in [0.29, 0.717) is 32.8 Å². The average molecular weight is 506 g/mol. The number of hydrogen-bond acceptors (Lipinski definition) is 7. The van der Waals surface area contributed by atoms with E-state index < -0.39 is 0 Å². The number of para-hydroxylation sites is 1. The van der Waals surface area contributed by atoms with Gasteiger partial charge in [0.15, 0.2) is 0 Å². The van der Waals surface area contributed by atoms with Gasteiger partial charge in [-0.25, -0.2) is 4.98 Å². The quantitative estimate of drug-likeness (QED) is 0.385. The molecule has 0 aliphatic carbocycles. The zero-order valence-corrected chi connectivity index (χ0v) is 21.4. The molecule has 7 nitrogen and oxygen atoms in total. The molecule has 3 aromatic rings. The molecule has 9 heteroatoms. The Morgan fingerprint density at radius 2 is 1.74 bits per heavy atom. The Balaban J connectivity index is 1.54. The van der Waals surface area contributed by atoms with E-state index in [1.165, 1.54) is 17.4 Å². The van der Waals surface area contributed by atoms with Crippen molar-refractivity contribution in [3.05, 3.63) is 75.0 Å². The molecular formula is C26H27N5O2S2. The lowest BCUT2D eigenvalue weighted by Gasteiger charge is -2.37. The van der Waals surface area contributed by atoms with Crippen LogP contribution in [0.2, 0.25) is 0 Å². The fourth-order valence-electron chi connectivity index (χ4n) is 4.48.